The lowest BCUT2D eigenvalue weighted by Gasteiger charge is -2.18. The first kappa shape index (κ1) is 20.9. The molecule has 4 heterocycles. The molecule has 2 aliphatic rings. The van der Waals surface area contributed by atoms with Gasteiger partial charge in [-0.3, -0.25) is 9.59 Å². The highest BCUT2D eigenvalue weighted by Crippen LogP contribution is 2.36. The second-order valence-electron chi connectivity index (χ2n) is 7.93. The number of carboxylic acids is 1. The minimum absolute atomic E-state index is 0.108. The van der Waals surface area contributed by atoms with Crippen LogP contribution >= 0.6 is 0 Å². The number of ether oxygens (including phenoxy) is 3. The number of benzene rings is 1. The summed E-state index contributed by atoms with van der Waals surface area (Å²) < 4.78 is 23.3. The van der Waals surface area contributed by atoms with Gasteiger partial charge in [0, 0.05) is 30.5 Å². The lowest BCUT2D eigenvalue weighted by molar-refractivity contribution is -0.137. The molecule has 1 aromatic carbocycles. The number of hydrogen-bond donors (Lipinski definition) is 2. The Morgan fingerprint density at radius 1 is 1.12 bits per heavy atom. The van der Waals surface area contributed by atoms with Gasteiger partial charge in [-0.2, -0.15) is 4.74 Å². The van der Waals surface area contributed by atoms with Gasteiger partial charge in [0.15, 0.2) is 23.1 Å². The molecule has 10 heteroatoms. The van der Waals surface area contributed by atoms with Crippen molar-refractivity contribution in [1.82, 2.24) is 9.72 Å². The van der Waals surface area contributed by atoms with Gasteiger partial charge >= 0.3 is 5.97 Å². The topological polar surface area (TPSA) is 125 Å². The van der Waals surface area contributed by atoms with Crippen molar-refractivity contribution in [3.05, 3.63) is 63.8 Å². The highest BCUT2D eigenvalue weighted by molar-refractivity contribution is 5.68. The minimum atomic E-state index is -0.935. The van der Waals surface area contributed by atoms with Gasteiger partial charge < -0.3 is 29.2 Å². The average molecular weight is 453 g/mol. The van der Waals surface area contributed by atoms with E-state index in [0.29, 0.717) is 49.2 Å². The molecule has 0 saturated carbocycles. The molecule has 172 valence electrons. The molecule has 0 fully saturated rings. The zero-order valence-corrected chi connectivity index (χ0v) is 17.8. The smallest absolute Gasteiger partial charge is 0.303 e. The van der Waals surface area contributed by atoms with Crippen LogP contribution in [0.2, 0.25) is 0 Å². The van der Waals surface area contributed by atoms with Crippen LogP contribution < -0.4 is 25.1 Å². The maximum Gasteiger partial charge on any atom is 0.303 e. The van der Waals surface area contributed by atoms with Crippen LogP contribution in [0.3, 0.4) is 0 Å². The normalized spacial score (nSPS) is 14.8. The van der Waals surface area contributed by atoms with E-state index in [1.807, 2.05) is 18.2 Å². The van der Waals surface area contributed by atoms with Crippen LogP contribution in [-0.4, -0.2) is 40.7 Å². The number of hydrogen-bond acceptors (Lipinski definition) is 8. The first-order valence-corrected chi connectivity index (χ1v) is 10.7. The number of aryl methyl sites for hydroxylation is 2. The van der Waals surface area contributed by atoms with Crippen LogP contribution in [0, 0.1) is 0 Å². The molecule has 3 aromatic rings. The van der Waals surface area contributed by atoms with Crippen molar-refractivity contribution in [3.63, 3.8) is 0 Å². The highest BCUT2D eigenvalue weighted by Gasteiger charge is 2.23. The molecule has 33 heavy (non-hydrogen) atoms. The Hall–Kier alpha value is -3.95. The van der Waals surface area contributed by atoms with Crippen molar-refractivity contribution in [1.29, 1.82) is 0 Å². The van der Waals surface area contributed by atoms with Gasteiger partial charge in [0.1, 0.15) is 12.4 Å². The zero-order valence-electron chi connectivity index (χ0n) is 17.8. The van der Waals surface area contributed by atoms with Gasteiger partial charge in [0.25, 0.3) is 5.56 Å². The largest absolute Gasteiger partial charge is 0.488 e. The number of pyridine rings is 1. The third-order valence-corrected chi connectivity index (χ3v) is 5.63. The third kappa shape index (κ3) is 4.64. The number of aliphatic carboxylic acids is 1. The van der Waals surface area contributed by atoms with Crippen molar-refractivity contribution >= 4 is 11.8 Å². The van der Waals surface area contributed by atoms with Gasteiger partial charge in [-0.05, 0) is 29.8 Å². The van der Waals surface area contributed by atoms with Crippen LogP contribution in [0.4, 0.5) is 5.82 Å². The summed E-state index contributed by atoms with van der Waals surface area (Å²) in [5, 5.41) is 12.6. The minimum Gasteiger partial charge on any atom is -0.488 e. The van der Waals surface area contributed by atoms with Gasteiger partial charge in [-0.1, -0.05) is 6.07 Å². The van der Waals surface area contributed by atoms with E-state index >= 15 is 0 Å². The number of carboxylic acid groups (broad SMARTS) is 1. The maximum atomic E-state index is 12.5. The summed E-state index contributed by atoms with van der Waals surface area (Å²) in [6.07, 6.45) is 0.664. The fraction of sp³-hybridized carbons (Fsp3) is 0.348. The number of carbonyl (C=O) groups is 1. The van der Waals surface area contributed by atoms with Crippen LogP contribution in [0.5, 0.6) is 17.2 Å². The Morgan fingerprint density at radius 3 is 2.85 bits per heavy atom. The van der Waals surface area contributed by atoms with E-state index < -0.39 is 5.97 Å². The Kier molecular flexibility index (Phi) is 5.64. The Labute approximate surface area is 188 Å². The lowest BCUT2D eigenvalue weighted by Crippen LogP contribution is -2.20. The van der Waals surface area contributed by atoms with Crippen LogP contribution in [0.15, 0.2) is 45.7 Å². The summed E-state index contributed by atoms with van der Waals surface area (Å²) >= 11 is 0. The predicted octanol–water partition coefficient (Wildman–Crippen LogP) is 2.41. The Bertz CT molecular complexity index is 1230. The van der Waals surface area contributed by atoms with Crippen molar-refractivity contribution in [3.8, 4) is 17.2 Å². The van der Waals surface area contributed by atoms with E-state index in [1.54, 1.807) is 12.1 Å². The van der Waals surface area contributed by atoms with Crippen molar-refractivity contribution < 1.29 is 28.6 Å². The van der Waals surface area contributed by atoms with E-state index in [0.717, 1.165) is 17.0 Å². The molecular formula is C23H23N3O7. The molecule has 1 unspecified atom stereocenters. The number of anilines is 1. The molecule has 2 N–H and O–H groups in total. The molecule has 0 saturated heterocycles. The summed E-state index contributed by atoms with van der Waals surface area (Å²) in [6.45, 7) is 1.76. The Morgan fingerprint density at radius 2 is 1.97 bits per heavy atom. The number of rotatable bonds is 8. The number of nitrogens with one attached hydrogen (secondary N) is 1. The predicted molar refractivity (Wildman–Crippen MR) is 116 cm³/mol. The SMILES string of the molecule is O=C(O)CC(Cc1cc(=O)n(CCc2ccc3c(n2)NCCO3)o1)c1ccc2c(c1)OCO2. The van der Waals surface area contributed by atoms with Gasteiger partial charge in [0.05, 0.1) is 19.5 Å². The maximum absolute atomic E-state index is 12.5. The Balaban J connectivity index is 1.29. The van der Waals surface area contributed by atoms with E-state index in [9.17, 15) is 14.7 Å². The van der Waals surface area contributed by atoms with Crippen LogP contribution in [-0.2, 0) is 24.2 Å². The van der Waals surface area contributed by atoms with Gasteiger partial charge in [0.2, 0.25) is 6.79 Å². The second kappa shape index (κ2) is 8.89. The van der Waals surface area contributed by atoms with E-state index in [2.05, 4.69) is 10.3 Å². The summed E-state index contributed by atoms with van der Waals surface area (Å²) in [7, 11) is 0. The first-order valence-electron chi connectivity index (χ1n) is 10.7. The van der Waals surface area contributed by atoms with E-state index in [-0.39, 0.29) is 31.1 Å². The molecular weight excluding hydrogens is 430 g/mol. The summed E-state index contributed by atoms with van der Waals surface area (Å²) in [4.78, 5) is 28.5. The lowest BCUT2D eigenvalue weighted by atomic mass is 9.91. The van der Waals surface area contributed by atoms with Crippen LogP contribution in [0.25, 0.3) is 0 Å². The highest BCUT2D eigenvalue weighted by atomic mass is 16.7. The quantitative estimate of drug-likeness (QED) is 0.529. The molecule has 10 nitrogen and oxygen atoms in total. The van der Waals surface area contributed by atoms with Crippen molar-refractivity contribution in [2.45, 2.75) is 31.7 Å². The average Bonchev–Trinajstić information content (AvgIpc) is 3.42. The monoisotopic (exact) mass is 453 g/mol. The molecule has 0 spiro atoms. The molecule has 5 rings (SSSR count). The second-order valence-corrected chi connectivity index (χ2v) is 7.93. The van der Waals surface area contributed by atoms with Gasteiger partial charge in [-0.15, -0.1) is 0 Å². The molecule has 2 aromatic heterocycles. The number of aromatic nitrogens is 2. The van der Waals surface area contributed by atoms with Crippen LogP contribution in [0.1, 0.15) is 29.4 Å². The van der Waals surface area contributed by atoms with Crippen molar-refractivity contribution in [2.24, 2.45) is 0 Å². The van der Waals surface area contributed by atoms with E-state index in [1.165, 1.54) is 10.8 Å². The standard InChI is InChI=1S/C23H23N3O7/c27-21-12-17(9-15(11-22(28)29)14-1-3-18-20(10-14)32-13-31-18)33-26(21)7-5-16-2-4-19-23(25-16)24-6-8-30-19/h1-4,10,12,15H,5-9,11,13H2,(H,24,25)(H,28,29). The van der Waals surface area contributed by atoms with E-state index in [4.69, 9.17) is 18.7 Å². The summed E-state index contributed by atoms with van der Waals surface area (Å²) in [6, 6.07) is 10.5. The van der Waals surface area contributed by atoms with Crippen molar-refractivity contribution in [2.75, 3.05) is 25.3 Å². The molecule has 0 aliphatic carbocycles. The number of fused-ring (bicyclic) bond motifs is 2. The first-order chi connectivity index (χ1) is 16.0. The number of nitrogens with zero attached hydrogens (tertiary/aromatic N) is 2. The molecule has 0 amide bonds. The molecule has 1 atom stereocenters. The zero-order chi connectivity index (χ0) is 22.8. The summed E-state index contributed by atoms with van der Waals surface area (Å²) in [5.74, 6) is 1.74. The fourth-order valence-corrected chi connectivity index (χ4v) is 4.02. The fourth-order valence-electron chi connectivity index (χ4n) is 4.02. The third-order valence-electron chi connectivity index (χ3n) is 5.63. The molecule has 0 radical (unpaired) electrons. The summed E-state index contributed by atoms with van der Waals surface area (Å²) in [5.41, 5.74) is 1.31. The molecule has 0 bridgehead atoms. The molecule has 2 aliphatic heterocycles. The van der Waals surface area contributed by atoms with Gasteiger partial charge in [-0.25, -0.2) is 4.98 Å².